The monoisotopic (exact) mass is 254 g/mol. The lowest BCUT2D eigenvalue weighted by molar-refractivity contribution is -0.130. The minimum Gasteiger partial charge on any atom is -0.370 e. The maximum absolute atomic E-state index is 5.89. The van der Waals surface area contributed by atoms with E-state index in [0.717, 1.165) is 19.6 Å². The van der Waals surface area contributed by atoms with Gasteiger partial charge in [-0.05, 0) is 38.5 Å². The van der Waals surface area contributed by atoms with E-state index in [0.29, 0.717) is 5.15 Å². The topological polar surface area (TPSA) is 25.4 Å². The molecule has 1 aromatic rings. The molecule has 94 valence electrons. The second-order valence-electron chi connectivity index (χ2n) is 5.34. The Morgan fingerprint density at radius 2 is 2.35 bits per heavy atom. The van der Waals surface area contributed by atoms with Crippen molar-refractivity contribution in [2.45, 2.75) is 39.0 Å². The quantitative estimate of drug-likeness (QED) is 0.759. The Hall–Kier alpha value is -0.640. The first-order chi connectivity index (χ1) is 7.94. The Morgan fingerprint density at radius 1 is 1.59 bits per heavy atom. The summed E-state index contributed by atoms with van der Waals surface area (Å²) in [5.74, 6) is 0. The van der Waals surface area contributed by atoms with Crippen molar-refractivity contribution in [3.05, 3.63) is 29.0 Å². The van der Waals surface area contributed by atoms with Crippen LogP contribution in [0.5, 0.6) is 0 Å². The van der Waals surface area contributed by atoms with Gasteiger partial charge in [-0.1, -0.05) is 11.6 Å². The standard InChI is InChI=1S/C13H19ClN2O/c1-10-7-16(9-13(2,3)17-10)8-11-4-5-15-12(14)6-11/h4-6,10H,7-9H2,1-3H3. The first kappa shape index (κ1) is 12.8. The van der Waals surface area contributed by atoms with Gasteiger partial charge in [-0.2, -0.15) is 0 Å². The molecule has 17 heavy (non-hydrogen) atoms. The average Bonchev–Trinajstić information content (AvgIpc) is 2.13. The number of rotatable bonds is 2. The van der Waals surface area contributed by atoms with Gasteiger partial charge in [0.25, 0.3) is 0 Å². The molecule has 1 unspecified atom stereocenters. The van der Waals surface area contributed by atoms with Crippen molar-refractivity contribution in [2.75, 3.05) is 13.1 Å². The highest BCUT2D eigenvalue weighted by atomic mass is 35.5. The maximum atomic E-state index is 5.89. The third-order valence-corrected chi connectivity index (χ3v) is 3.04. The SMILES string of the molecule is CC1CN(Cc2ccnc(Cl)c2)CC(C)(C)O1. The summed E-state index contributed by atoms with van der Waals surface area (Å²) >= 11 is 5.89. The summed E-state index contributed by atoms with van der Waals surface area (Å²) in [6.45, 7) is 9.19. The molecule has 3 nitrogen and oxygen atoms in total. The van der Waals surface area contributed by atoms with E-state index in [1.165, 1.54) is 5.56 Å². The van der Waals surface area contributed by atoms with Crippen LogP contribution in [0.2, 0.25) is 5.15 Å². The molecule has 0 spiro atoms. The van der Waals surface area contributed by atoms with Crippen molar-refractivity contribution in [1.29, 1.82) is 0 Å². The number of aromatic nitrogens is 1. The van der Waals surface area contributed by atoms with E-state index in [1.807, 2.05) is 12.1 Å². The molecular formula is C13H19ClN2O. The summed E-state index contributed by atoms with van der Waals surface area (Å²) < 4.78 is 5.89. The van der Waals surface area contributed by atoms with E-state index in [-0.39, 0.29) is 11.7 Å². The number of pyridine rings is 1. The Bertz CT molecular complexity index is 395. The molecule has 0 amide bonds. The molecule has 1 aliphatic heterocycles. The molecule has 1 aliphatic rings. The predicted octanol–water partition coefficient (Wildman–Crippen LogP) is 2.73. The summed E-state index contributed by atoms with van der Waals surface area (Å²) in [7, 11) is 0. The number of halogens is 1. The molecule has 1 fully saturated rings. The van der Waals surface area contributed by atoms with E-state index in [2.05, 4.69) is 30.7 Å². The summed E-state index contributed by atoms with van der Waals surface area (Å²) in [5, 5.41) is 0.558. The summed E-state index contributed by atoms with van der Waals surface area (Å²) in [6.07, 6.45) is 2.03. The third-order valence-electron chi connectivity index (χ3n) is 2.84. The van der Waals surface area contributed by atoms with Gasteiger partial charge in [0, 0.05) is 25.8 Å². The van der Waals surface area contributed by atoms with Crippen molar-refractivity contribution < 1.29 is 4.74 Å². The molecule has 0 radical (unpaired) electrons. The van der Waals surface area contributed by atoms with Crippen LogP contribution in [0.1, 0.15) is 26.3 Å². The second-order valence-corrected chi connectivity index (χ2v) is 5.73. The lowest BCUT2D eigenvalue weighted by Crippen LogP contribution is -2.51. The molecule has 4 heteroatoms. The lowest BCUT2D eigenvalue weighted by Gasteiger charge is -2.41. The number of morpholine rings is 1. The smallest absolute Gasteiger partial charge is 0.129 e. The van der Waals surface area contributed by atoms with E-state index < -0.39 is 0 Å². The maximum Gasteiger partial charge on any atom is 0.129 e. The Kier molecular flexibility index (Phi) is 3.71. The molecule has 0 aromatic carbocycles. The van der Waals surface area contributed by atoms with Crippen LogP contribution in [-0.2, 0) is 11.3 Å². The lowest BCUT2D eigenvalue weighted by atomic mass is 10.0. The Labute approximate surface area is 108 Å². The predicted molar refractivity (Wildman–Crippen MR) is 69.2 cm³/mol. The van der Waals surface area contributed by atoms with Gasteiger partial charge in [0.05, 0.1) is 11.7 Å². The molecule has 1 saturated heterocycles. The van der Waals surface area contributed by atoms with Crippen LogP contribution in [0.4, 0.5) is 0 Å². The third kappa shape index (κ3) is 3.66. The molecule has 1 atom stereocenters. The fourth-order valence-electron chi connectivity index (χ4n) is 2.51. The fraction of sp³-hybridized carbons (Fsp3) is 0.615. The fourth-order valence-corrected chi connectivity index (χ4v) is 2.70. The molecule has 0 saturated carbocycles. The zero-order chi connectivity index (χ0) is 12.5. The summed E-state index contributed by atoms with van der Waals surface area (Å²) in [5.41, 5.74) is 1.13. The Balaban J connectivity index is 2.03. The first-order valence-electron chi connectivity index (χ1n) is 5.95. The van der Waals surface area contributed by atoms with E-state index in [9.17, 15) is 0 Å². The van der Waals surface area contributed by atoms with Gasteiger partial charge in [0.1, 0.15) is 5.15 Å². The zero-order valence-corrected chi connectivity index (χ0v) is 11.4. The molecule has 0 aliphatic carbocycles. The number of ether oxygens (including phenoxy) is 1. The van der Waals surface area contributed by atoms with Gasteiger partial charge < -0.3 is 4.74 Å². The zero-order valence-electron chi connectivity index (χ0n) is 10.6. The average molecular weight is 255 g/mol. The highest BCUT2D eigenvalue weighted by Crippen LogP contribution is 2.22. The van der Waals surface area contributed by atoms with Crippen LogP contribution >= 0.6 is 11.6 Å². The number of hydrogen-bond acceptors (Lipinski definition) is 3. The van der Waals surface area contributed by atoms with Crippen molar-refractivity contribution >= 4 is 11.6 Å². The van der Waals surface area contributed by atoms with E-state index in [1.54, 1.807) is 6.20 Å². The van der Waals surface area contributed by atoms with Crippen LogP contribution in [0.3, 0.4) is 0 Å². The van der Waals surface area contributed by atoms with Gasteiger partial charge in [0.2, 0.25) is 0 Å². The van der Waals surface area contributed by atoms with E-state index in [4.69, 9.17) is 16.3 Å². The van der Waals surface area contributed by atoms with Gasteiger partial charge in [-0.25, -0.2) is 4.98 Å². The van der Waals surface area contributed by atoms with Gasteiger partial charge in [-0.3, -0.25) is 4.90 Å². The van der Waals surface area contributed by atoms with Crippen LogP contribution in [0, 0.1) is 0 Å². The number of hydrogen-bond donors (Lipinski definition) is 0. The highest BCUT2D eigenvalue weighted by molar-refractivity contribution is 6.29. The van der Waals surface area contributed by atoms with Crippen LogP contribution < -0.4 is 0 Å². The molecule has 2 rings (SSSR count). The number of nitrogens with zero attached hydrogens (tertiary/aromatic N) is 2. The molecule has 0 N–H and O–H groups in total. The van der Waals surface area contributed by atoms with Crippen molar-refractivity contribution in [3.8, 4) is 0 Å². The molecule has 0 bridgehead atoms. The Morgan fingerprint density at radius 3 is 3.00 bits per heavy atom. The van der Waals surface area contributed by atoms with Crippen LogP contribution in [0.15, 0.2) is 18.3 Å². The van der Waals surface area contributed by atoms with Crippen molar-refractivity contribution in [1.82, 2.24) is 9.88 Å². The molecule has 2 heterocycles. The first-order valence-corrected chi connectivity index (χ1v) is 6.33. The van der Waals surface area contributed by atoms with Crippen molar-refractivity contribution in [2.24, 2.45) is 0 Å². The van der Waals surface area contributed by atoms with Gasteiger partial charge in [0.15, 0.2) is 0 Å². The minimum atomic E-state index is -0.0749. The largest absolute Gasteiger partial charge is 0.370 e. The van der Waals surface area contributed by atoms with Crippen molar-refractivity contribution in [3.63, 3.8) is 0 Å². The normalized spacial score (nSPS) is 24.8. The van der Waals surface area contributed by atoms with Crippen LogP contribution in [-0.4, -0.2) is 34.7 Å². The second kappa shape index (κ2) is 4.92. The molecular weight excluding hydrogens is 236 g/mol. The molecule has 1 aromatic heterocycles. The van der Waals surface area contributed by atoms with E-state index >= 15 is 0 Å². The summed E-state index contributed by atoms with van der Waals surface area (Å²) in [6, 6.07) is 3.94. The highest BCUT2D eigenvalue weighted by Gasteiger charge is 2.31. The summed E-state index contributed by atoms with van der Waals surface area (Å²) in [4.78, 5) is 6.40. The van der Waals surface area contributed by atoms with Gasteiger partial charge >= 0.3 is 0 Å². The van der Waals surface area contributed by atoms with Crippen LogP contribution in [0.25, 0.3) is 0 Å². The van der Waals surface area contributed by atoms with Gasteiger partial charge in [-0.15, -0.1) is 0 Å². The minimum absolute atomic E-state index is 0.0749.